The van der Waals surface area contributed by atoms with Crippen molar-refractivity contribution in [3.8, 4) is 11.5 Å². The molecule has 0 radical (unpaired) electrons. The van der Waals surface area contributed by atoms with Crippen LogP contribution in [0.1, 0.15) is 226 Å². The second-order valence-corrected chi connectivity index (χ2v) is 38.1. The van der Waals surface area contributed by atoms with Crippen LogP contribution in [0.5, 0.6) is 11.5 Å². The number of nitrogens with one attached hydrogen (secondary N) is 4. The summed E-state index contributed by atoms with van der Waals surface area (Å²) in [6, 6.07) is 31.0. The molecular formula is C86H124Cl6N4O22P2. The van der Waals surface area contributed by atoms with E-state index in [9.17, 15) is 38.7 Å². The van der Waals surface area contributed by atoms with Crippen LogP contribution >= 0.6 is 85.6 Å². The molecule has 2 saturated heterocycles. The Bertz CT molecular complexity index is 3490. The molecule has 0 saturated carbocycles. The number of hydrogen-bond acceptors (Lipinski definition) is 22. The number of aliphatic hydroxyl groups is 1. The number of rotatable bonds is 60. The van der Waals surface area contributed by atoms with Gasteiger partial charge in [0.2, 0.25) is 25.3 Å². The Hall–Kier alpha value is -5.51. The van der Waals surface area contributed by atoms with Crippen molar-refractivity contribution in [3.05, 3.63) is 121 Å². The van der Waals surface area contributed by atoms with Crippen LogP contribution in [0.4, 0.5) is 9.59 Å². The predicted octanol–water partition coefficient (Wildman–Crippen LogP) is 18.6. The lowest BCUT2D eigenvalue weighted by molar-refractivity contribution is -0.304. The second-order valence-electron chi connectivity index (χ2n) is 29.7. The van der Waals surface area contributed by atoms with E-state index in [4.69, 9.17) is 130 Å². The van der Waals surface area contributed by atoms with Crippen molar-refractivity contribution in [2.24, 2.45) is 0 Å². The van der Waals surface area contributed by atoms with Crippen LogP contribution in [0.25, 0.3) is 0 Å². The van der Waals surface area contributed by atoms with Crippen molar-refractivity contribution in [2.45, 2.75) is 295 Å². The van der Waals surface area contributed by atoms with E-state index in [1.54, 1.807) is 36.4 Å². The van der Waals surface area contributed by atoms with Crippen molar-refractivity contribution < 1.29 is 104 Å². The molecule has 10 atom stereocenters. The highest BCUT2D eigenvalue weighted by molar-refractivity contribution is 7.68. The van der Waals surface area contributed by atoms with Gasteiger partial charge in [-0.25, -0.2) is 14.2 Å². The first-order chi connectivity index (χ1) is 57.9. The van der Waals surface area contributed by atoms with Gasteiger partial charge in [-0.1, -0.05) is 335 Å². The molecule has 0 unspecified atom stereocenters. The molecular weight excluding hydrogens is 1720 g/mol. The van der Waals surface area contributed by atoms with Gasteiger partial charge in [0.15, 0.2) is 24.8 Å². The van der Waals surface area contributed by atoms with E-state index in [-0.39, 0.29) is 49.9 Å². The fourth-order valence-corrected chi connectivity index (χ4v) is 16.8. The summed E-state index contributed by atoms with van der Waals surface area (Å²) in [5.41, 5.74) is 0. The molecule has 4 aromatic rings. The number of unbranched alkanes of at least 4 members (excludes halogenated alkanes) is 24. The highest BCUT2D eigenvalue weighted by atomic mass is 35.6. The standard InChI is InChI=1S/C86H124Cl6N4O22P2/c1-4-7-10-13-15-17-18-20-22-25-42-55-73(100)114-79-75(95-72(99)54-41-30-43-56-93-70(97)52-39-23-12-9-6-3)81(106-57-58-111-119(66-48-35-28-36-49-66)67-50-37-29-38-51-67)112-68(77(79)102)60-107-82-76(96-83(103)109-62-85(87,88)89)80(115-74(101)59-94-71(98)53-40-24-21-19-16-14-11-8-5-2)78(69(113-82)61-108-84(104)110-63-86(90,91)92)118-120(105,116-64-44-31-26-32-45-64)117-65-46-33-27-34-47-65/h26-29,31-38,44-51,68-69,75-82,102H,4-25,30,39-43,52-63H2,1-3H3,(H,93,97)(H,94,98)(H,95,99)(H,96,103)/t68-,69-,75+,76+,77-,78-,79-,80-,81+,82-/m1/s1. The number of hydrogen-bond donors (Lipinski definition) is 5. The summed E-state index contributed by atoms with van der Waals surface area (Å²) in [6.07, 6.45) is 8.87. The van der Waals surface area contributed by atoms with E-state index in [0.717, 1.165) is 120 Å². The van der Waals surface area contributed by atoms with E-state index in [1.807, 2.05) is 60.7 Å². The summed E-state index contributed by atoms with van der Waals surface area (Å²) in [4.78, 5) is 97.9. The number of alkyl carbamates (subject to hydrolysis) is 1. The van der Waals surface area contributed by atoms with Crippen LogP contribution in [0.2, 0.25) is 0 Å². The summed E-state index contributed by atoms with van der Waals surface area (Å²) >= 11 is 36.3. The lowest BCUT2D eigenvalue weighted by Gasteiger charge is -2.47. The third kappa shape index (κ3) is 43.4. The third-order valence-electron chi connectivity index (χ3n) is 19.5. The molecule has 0 spiro atoms. The molecule has 2 aliphatic heterocycles. The number of phosphoric acid groups is 1. The summed E-state index contributed by atoms with van der Waals surface area (Å²) in [6.45, 7) is 2.21. The Labute approximate surface area is 739 Å². The number of para-hydroxylation sites is 2. The molecule has 120 heavy (non-hydrogen) atoms. The molecule has 672 valence electrons. The number of alkyl halides is 6. The third-order valence-corrected chi connectivity index (χ3v) is 23.5. The van der Waals surface area contributed by atoms with E-state index in [2.05, 4.69) is 42.0 Å². The number of phosphoric ester groups is 1. The topological polar surface area (TPSA) is 325 Å². The smallest absolute Gasteiger partial charge is 0.457 e. The van der Waals surface area contributed by atoms with Crippen molar-refractivity contribution >= 4 is 138 Å². The van der Waals surface area contributed by atoms with Gasteiger partial charge >= 0.3 is 32.0 Å². The number of amides is 4. The fourth-order valence-electron chi connectivity index (χ4n) is 13.3. The molecule has 4 aromatic carbocycles. The second kappa shape index (κ2) is 59.4. The van der Waals surface area contributed by atoms with E-state index < -0.39 is 154 Å². The van der Waals surface area contributed by atoms with Crippen LogP contribution in [-0.4, -0.2) is 169 Å². The predicted molar refractivity (Wildman–Crippen MR) is 466 cm³/mol. The average molecular weight is 1840 g/mol. The first-order valence-electron chi connectivity index (χ1n) is 42.5. The van der Waals surface area contributed by atoms with Crippen LogP contribution in [0.3, 0.4) is 0 Å². The van der Waals surface area contributed by atoms with Gasteiger partial charge in [0, 0.05) is 42.8 Å². The molecule has 4 amide bonds. The SMILES string of the molecule is CCCCCCCCCCCCCC(=O)O[C@H]1[C@H](O)[C@@H](CO[C@@H]2O[C@H](COC(=O)OCC(Cl)(Cl)Cl)[C@@H](OP(=O)(Oc3ccccc3)Oc3ccccc3)[C@H](OC(=O)CNC(=O)CCCCCCCCCCC)[C@@H]2NC(=O)OCC(Cl)(Cl)Cl)O[C@H](OCCOP(c2ccccc2)c2ccccc2)[C@H]1NC(=O)CCCCCNC(=O)CCCCCCC. The Morgan fingerprint density at radius 2 is 0.867 bits per heavy atom. The number of carbonyl (C=O) groups excluding carboxylic acids is 7. The Kier molecular flexibility index (Phi) is 51.1. The largest absolute Gasteiger partial charge is 0.588 e. The van der Waals surface area contributed by atoms with Crippen LogP contribution in [-0.2, 0) is 80.2 Å². The Balaban J connectivity index is 1.41. The van der Waals surface area contributed by atoms with Crippen LogP contribution < -0.4 is 40.9 Å². The normalized spacial score (nSPS) is 19.3. The van der Waals surface area contributed by atoms with Gasteiger partial charge in [0.25, 0.3) is 0 Å². The van der Waals surface area contributed by atoms with E-state index >= 15 is 4.57 Å². The molecule has 2 fully saturated rings. The van der Waals surface area contributed by atoms with Gasteiger partial charge < -0.3 is 82.6 Å². The van der Waals surface area contributed by atoms with Gasteiger partial charge in [-0.3, -0.25) is 28.5 Å². The zero-order valence-electron chi connectivity index (χ0n) is 69.3. The maximum atomic E-state index is 15.8. The molecule has 2 heterocycles. The van der Waals surface area contributed by atoms with Gasteiger partial charge in [-0.2, -0.15) is 0 Å². The number of esters is 2. The van der Waals surface area contributed by atoms with Gasteiger partial charge in [-0.05, 0) is 56.4 Å². The average Bonchev–Trinajstić information content (AvgIpc) is 0.772. The van der Waals surface area contributed by atoms with Crippen molar-refractivity contribution in [1.29, 1.82) is 0 Å². The Morgan fingerprint density at radius 1 is 0.442 bits per heavy atom. The summed E-state index contributed by atoms with van der Waals surface area (Å²) in [7, 11) is -6.68. The number of benzene rings is 4. The van der Waals surface area contributed by atoms with Gasteiger partial charge in [-0.15, -0.1) is 0 Å². The van der Waals surface area contributed by atoms with E-state index in [0.29, 0.717) is 51.5 Å². The zero-order valence-corrected chi connectivity index (χ0v) is 75.6. The van der Waals surface area contributed by atoms with Gasteiger partial charge in [0.1, 0.15) is 74.4 Å². The van der Waals surface area contributed by atoms with Crippen LogP contribution in [0.15, 0.2) is 121 Å². The monoisotopic (exact) mass is 1840 g/mol. The van der Waals surface area contributed by atoms with Crippen molar-refractivity contribution in [1.82, 2.24) is 21.3 Å². The maximum Gasteiger partial charge on any atom is 0.588 e. The van der Waals surface area contributed by atoms with Gasteiger partial charge in [0.05, 0.1) is 28.0 Å². The Morgan fingerprint density at radius 3 is 1.38 bits per heavy atom. The summed E-state index contributed by atoms with van der Waals surface area (Å²) in [5.74, 6) is -3.14. The molecule has 0 aromatic heterocycles. The minimum atomic E-state index is -5.25. The van der Waals surface area contributed by atoms with Crippen molar-refractivity contribution in [2.75, 3.05) is 52.7 Å². The number of aliphatic hydroxyl groups excluding tert-OH is 1. The minimum absolute atomic E-state index is 0.0370. The molecule has 0 bridgehead atoms. The lowest BCUT2D eigenvalue weighted by Crippen LogP contribution is -2.68. The molecule has 26 nitrogen and oxygen atoms in total. The fraction of sp³-hybridized carbons (Fsp3) is 0.640. The lowest BCUT2D eigenvalue weighted by atomic mass is 9.95. The highest BCUT2D eigenvalue weighted by Crippen LogP contribution is 2.53. The first kappa shape index (κ1) is 103. The van der Waals surface area contributed by atoms with E-state index in [1.165, 1.54) is 56.4 Å². The maximum absolute atomic E-state index is 15.8. The quantitative estimate of drug-likeness (QED) is 0.00901. The first-order valence-corrected chi connectivity index (χ1v) is 47.5. The summed E-state index contributed by atoms with van der Waals surface area (Å²) in [5, 5.41) is 25.8. The number of carbonyl (C=O) groups is 7. The summed E-state index contributed by atoms with van der Waals surface area (Å²) < 4.78 is 92.0. The molecule has 5 N–H and O–H groups in total. The van der Waals surface area contributed by atoms with Crippen LogP contribution in [0, 0.1) is 0 Å². The minimum Gasteiger partial charge on any atom is -0.457 e. The molecule has 2 aliphatic rings. The van der Waals surface area contributed by atoms with Crippen molar-refractivity contribution in [3.63, 3.8) is 0 Å². The molecule has 34 heteroatoms. The molecule has 0 aliphatic carbocycles. The number of halogens is 6. The molecule has 6 rings (SSSR count). The zero-order chi connectivity index (χ0) is 86.6. The highest BCUT2D eigenvalue weighted by Gasteiger charge is 2.56. The number of ether oxygens (including phenoxy) is 9.